The van der Waals surface area contributed by atoms with Crippen LogP contribution in [0, 0.1) is 6.92 Å². The number of ether oxygens (including phenoxy) is 1. The van der Waals surface area contributed by atoms with Crippen LogP contribution in [0.4, 0.5) is 0 Å². The van der Waals surface area contributed by atoms with E-state index in [0.29, 0.717) is 6.42 Å². The molecule has 0 spiro atoms. The number of esters is 1. The molecule has 1 rings (SSSR count). The number of aryl methyl sites for hydroxylation is 1. The lowest BCUT2D eigenvalue weighted by molar-refractivity contribution is -0.154. The summed E-state index contributed by atoms with van der Waals surface area (Å²) in [6.07, 6.45) is 7.20. The van der Waals surface area contributed by atoms with Crippen molar-refractivity contribution in [3.63, 3.8) is 0 Å². The predicted octanol–water partition coefficient (Wildman–Crippen LogP) is 5.16. The van der Waals surface area contributed by atoms with E-state index in [2.05, 4.69) is 0 Å². The number of hydrogen-bond acceptors (Lipinski definition) is 5. The van der Waals surface area contributed by atoms with Crippen molar-refractivity contribution in [2.45, 2.75) is 89.6 Å². The first kappa shape index (κ1) is 23.6. The first-order chi connectivity index (χ1) is 12.6. The zero-order valence-electron chi connectivity index (χ0n) is 17.1. The molecule has 0 aliphatic rings. The molecule has 0 saturated heterocycles. The largest absolute Gasteiger partial charge is 0.460 e. The lowest BCUT2D eigenvalue weighted by Crippen LogP contribution is -2.23. The van der Waals surface area contributed by atoms with Crippen molar-refractivity contribution in [3.05, 3.63) is 29.8 Å². The van der Waals surface area contributed by atoms with Gasteiger partial charge in [-0.3, -0.25) is 8.98 Å². The van der Waals surface area contributed by atoms with Crippen LogP contribution in [-0.4, -0.2) is 26.6 Å². The lowest BCUT2D eigenvalue weighted by atomic mass is 10.1. The highest BCUT2D eigenvalue weighted by molar-refractivity contribution is 7.86. The molecule has 0 bridgehead atoms. The maximum atomic E-state index is 12.0. The Kier molecular flexibility index (Phi) is 10.0. The van der Waals surface area contributed by atoms with Crippen LogP contribution in [0.3, 0.4) is 0 Å². The lowest BCUT2D eigenvalue weighted by Gasteiger charge is -2.19. The van der Waals surface area contributed by atoms with E-state index < -0.39 is 15.7 Å². The Morgan fingerprint density at radius 1 is 0.889 bits per heavy atom. The second kappa shape index (κ2) is 11.4. The fraction of sp³-hybridized carbons (Fsp3) is 0.667. The van der Waals surface area contributed by atoms with Crippen LogP contribution in [0.2, 0.25) is 0 Å². The molecule has 0 radical (unpaired) electrons. The van der Waals surface area contributed by atoms with Crippen LogP contribution < -0.4 is 0 Å². The standard InChI is InChI=1S/C21H34O5S/c1-18-13-15-19(16-14-18)27(23,24)25-17-11-9-7-5-6-8-10-12-20(22)26-21(2,3)4/h13-16H,5-12,17H2,1-4H3. The summed E-state index contributed by atoms with van der Waals surface area (Å²) in [5.74, 6) is -0.130. The van der Waals surface area contributed by atoms with Crippen LogP contribution in [0.25, 0.3) is 0 Å². The zero-order valence-corrected chi connectivity index (χ0v) is 17.9. The van der Waals surface area contributed by atoms with E-state index in [1.54, 1.807) is 24.3 Å². The van der Waals surface area contributed by atoms with Gasteiger partial charge in [-0.25, -0.2) is 0 Å². The molecule has 0 fully saturated rings. The summed E-state index contributed by atoms with van der Waals surface area (Å²) in [6, 6.07) is 6.67. The summed E-state index contributed by atoms with van der Waals surface area (Å²) in [4.78, 5) is 11.8. The summed E-state index contributed by atoms with van der Waals surface area (Å²) in [7, 11) is -3.65. The third-order valence-corrected chi connectivity index (χ3v) is 5.32. The van der Waals surface area contributed by atoms with Gasteiger partial charge in [0.2, 0.25) is 0 Å². The topological polar surface area (TPSA) is 69.7 Å². The van der Waals surface area contributed by atoms with Gasteiger partial charge in [-0.2, -0.15) is 8.42 Å². The van der Waals surface area contributed by atoms with Crippen molar-refractivity contribution in [1.29, 1.82) is 0 Å². The van der Waals surface area contributed by atoms with Gasteiger partial charge in [-0.1, -0.05) is 49.8 Å². The SMILES string of the molecule is Cc1ccc(S(=O)(=O)OCCCCCCCCCC(=O)OC(C)(C)C)cc1. The highest BCUT2D eigenvalue weighted by Crippen LogP contribution is 2.15. The highest BCUT2D eigenvalue weighted by Gasteiger charge is 2.15. The minimum atomic E-state index is -3.65. The molecule has 1 aromatic rings. The number of benzene rings is 1. The second-order valence-electron chi connectivity index (χ2n) is 7.90. The Bertz CT molecular complexity index is 657. The minimum absolute atomic E-state index is 0.130. The summed E-state index contributed by atoms with van der Waals surface area (Å²) < 4.78 is 34.4. The normalized spacial score (nSPS) is 12.1. The second-order valence-corrected chi connectivity index (χ2v) is 9.52. The molecule has 0 amide bonds. The fourth-order valence-corrected chi connectivity index (χ4v) is 3.53. The van der Waals surface area contributed by atoms with Crippen LogP contribution in [-0.2, 0) is 23.8 Å². The van der Waals surface area contributed by atoms with Crippen molar-refractivity contribution in [2.24, 2.45) is 0 Å². The molecule has 27 heavy (non-hydrogen) atoms. The number of carbonyl (C=O) groups is 1. The van der Waals surface area contributed by atoms with Crippen molar-refractivity contribution in [3.8, 4) is 0 Å². The monoisotopic (exact) mass is 398 g/mol. The molecular formula is C21H34O5S. The molecule has 6 heteroatoms. The van der Waals surface area contributed by atoms with Crippen LogP contribution in [0.1, 0.15) is 77.7 Å². The van der Waals surface area contributed by atoms with Gasteiger partial charge in [0.05, 0.1) is 11.5 Å². The van der Waals surface area contributed by atoms with Gasteiger partial charge in [-0.05, 0) is 52.7 Å². The smallest absolute Gasteiger partial charge is 0.306 e. The van der Waals surface area contributed by atoms with Crippen molar-refractivity contribution < 1.29 is 22.1 Å². The zero-order chi connectivity index (χ0) is 20.3. The Labute approximate surface area is 164 Å². The average molecular weight is 399 g/mol. The summed E-state index contributed by atoms with van der Waals surface area (Å²) in [5, 5.41) is 0. The Morgan fingerprint density at radius 3 is 1.96 bits per heavy atom. The van der Waals surface area contributed by atoms with Gasteiger partial charge in [-0.15, -0.1) is 0 Å². The first-order valence-electron chi connectivity index (χ1n) is 9.78. The van der Waals surface area contributed by atoms with E-state index in [0.717, 1.165) is 50.5 Å². The number of rotatable bonds is 12. The molecule has 0 atom stereocenters. The third kappa shape index (κ3) is 11.1. The van der Waals surface area contributed by atoms with Gasteiger partial charge in [0, 0.05) is 6.42 Å². The molecule has 0 N–H and O–H groups in total. The summed E-state index contributed by atoms with van der Waals surface area (Å²) in [5.41, 5.74) is 0.603. The van der Waals surface area contributed by atoms with Crippen LogP contribution in [0.5, 0.6) is 0 Å². The Balaban J connectivity index is 2.03. The molecule has 0 unspecified atom stereocenters. The van der Waals surface area contributed by atoms with Crippen molar-refractivity contribution >= 4 is 16.1 Å². The van der Waals surface area contributed by atoms with E-state index in [4.69, 9.17) is 8.92 Å². The van der Waals surface area contributed by atoms with Gasteiger partial charge in [0.1, 0.15) is 5.60 Å². The molecule has 0 aliphatic heterocycles. The molecular weight excluding hydrogens is 364 g/mol. The molecule has 1 aromatic carbocycles. The number of carbonyl (C=O) groups excluding carboxylic acids is 1. The average Bonchev–Trinajstić information content (AvgIpc) is 2.55. The molecule has 0 aliphatic carbocycles. The first-order valence-corrected chi connectivity index (χ1v) is 11.2. The fourth-order valence-electron chi connectivity index (χ4n) is 2.59. The molecule has 0 saturated carbocycles. The number of hydrogen-bond donors (Lipinski definition) is 0. The van der Waals surface area contributed by atoms with E-state index in [1.165, 1.54) is 0 Å². The summed E-state index contributed by atoms with van der Waals surface area (Å²) >= 11 is 0. The van der Waals surface area contributed by atoms with Crippen molar-refractivity contribution in [2.75, 3.05) is 6.61 Å². The van der Waals surface area contributed by atoms with Gasteiger partial charge < -0.3 is 4.74 Å². The Morgan fingerprint density at radius 2 is 1.41 bits per heavy atom. The molecule has 0 heterocycles. The van der Waals surface area contributed by atoms with E-state index >= 15 is 0 Å². The van der Waals surface area contributed by atoms with Crippen LogP contribution >= 0.6 is 0 Å². The molecule has 5 nitrogen and oxygen atoms in total. The highest BCUT2D eigenvalue weighted by atomic mass is 32.2. The predicted molar refractivity (Wildman–Crippen MR) is 107 cm³/mol. The quantitative estimate of drug-likeness (QED) is 0.276. The third-order valence-electron chi connectivity index (χ3n) is 3.99. The maximum Gasteiger partial charge on any atom is 0.306 e. The maximum absolute atomic E-state index is 12.0. The van der Waals surface area contributed by atoms with E-state index in [-0.39, 0.29) is 17.5 Å². The number of unbranched alkanes of at least 4 members (excludes halogenated alkanes) is 6. The van der Waals surface area contributed by atoms with Gasteiger partial charge in [0.15, 0.2) is 0 Å². The molecule has 154 valence electrons. The summed E-state index contributed by atoms with van der Waals surface area (Å²) in [6.45, 7) is 7.76. The Hall–Kier alpha value is -1.40. The van der Waals surface area contributed by atoms with E-state index in [1.807, 2.05) is 27.7 Å². The van der Waals surface area contributed by atoms with Gasteiger partial charge in [0.25, 0.3) is 10.1 Å². The van der Waals surface area contributed by atoms with Crippen molar-refractivity contribution in [1.82, 2.24) is 0 Å². The van der Waals surface area contributed by atoms with Gasteiger partial charge >= 0.3 is 5.97 Å². The van der Waals surface area contributed by atoms with Crippen LogP contribution in [0.15, 0.2) is 29.2 Å². The molecule has 0 aromatic heterocycles. The minimum Gasteiger partial charge on any atom is -0.460 e. The van der Waals surface area contributed by atoms with E-state index in [9.17, 15) is 13.2 Å².